The van der Waals surface area contributed by atoms with Crippen molar-refractivity contribution in [1.29, 1.82) is 0 Å². The highest BCUT2D eigenvalue weighted by Crippen LogP contribution is 2.22. The zero-order valence-electron chi connectivity index (χ0n) is 13.5. The Hall–Kier alpha value is -0.780. The number of rotatable bonds is 9. The van der Waals surface area contributed by atoms with Gasteiger partial charge in [0, 0.05) is 0 Å². The minimum absolute atomic E-state index is 0.968. The Morgan fingerprint density at radius 1 is 0.895 bits per heavy atom. The van der Waals surface area contributed by atoms with Crippen LogP contribution in [0.3, 0.4) is 0 Å². The molecule has 0 N–H and O–H groups in total. The van der Waals surface area contributed by atoms with Gasteiger partial charge in [-0.2, -0.15) is 0 Å². The largest absolute Gasteiger partial charge is 0.0654 e. The van der Waals surface area contributed by atoms with Gasteiger partial charge < -0.3 is 0 Å². The second kappa shape index (κ2) is 9.18. The van der Waals surface area contributed by atoms with Crippen LogP contribution in [-0.2, 0) is 6.42 Å². The average molecular weight is 260 g/mol. The van der Waals surface area contributed by atoms with Gasteiger partial charge in [-0.25, -0.2) is 0 Å². The Bertz CT molecular complexity index is 351. The van der Waals surface area contributed by atoms with E-state index in [2.05, 4.69) is 45.9 Å². The Balaban J connectivity index is 2.40. The maximum absolute atomic E-state index is 2.37. The number of benzene rings is 1. The number of aryl methyl sites for hydroxylation is 3. The van der Waals surface area contributed by atoms with Gasteiger partial charge in [-0.1, -0.05) is 76.1 Å². The summed E-state index contributed by atoms with van der Waals surface area (Å²) in [6.07, 6.45) is 11.0. The zero-order chi connectivity index (χ0) is 14.1. The van der Waals surface area contributed by atoms with E-state index in [-0.39, 0.29) is 0 Å². The quantitative estimate of drug-likeness (QED) is 0.493. The fraction of sp³-hybridized carbons (Fsp3) is 0.684. The molecule has 0 amide bonds. The summed E-state index contributed by atoms with van der Waals surface area (Å²) in [6.45, 7) is 9.07. The Labute approximate surface area is 120 Å². The van der Waals surface area contributed by atoms with Gasteiger partial charge in [-0.3, -0.25) is 0 Å². The Kier molecular flexibility index (Phi) is 7.86. The second-order valence-corrected chi connectivity index (χ2v) is 6.12. The summed E-state index contributed by atoms with van der Waals surface area (Å²) < 4.78 is 0. The van der Waals surface area contributed by atoms with Gasteiger partial charge in [0.05, 0.1) is 0 Å². The average Bonchev–Trinajstić information content (AvgIpc) is 2.40. The molecule has 1 rings (SSSR count). The van der Waals surface area contributed by atoms with Crippen molar-refractivity contribution < 1.29 is 0 Å². The molecular formula is C19H32. The van der Waals surface area contributed by atoms with Crippen LogP contribution in [0.5, 0.6) is 0 Å². The lowest BCUT2D eigenvalue weighted by Gasteiger charge is -2.16. The highest BCUT2D eigenvalue weighted by atomic mass is 14.1. The normalized spacial score (nSPS) is 12.6. The van der Waals surface area contributed by atoms with Crippen LogP contribution in [-0.4, -0.2) is 0 Å². The van der Waals surface area contributed by atoms with Gasteiger partial charge in [0.25, 0.3) is 0 Å². The molecule has 0 bridgehead atoms. The molecule has 0 aliphatic heterocycles. The number of hydrogen-bond acceptors (Lipinski definition) is 0. The van der Waals surface area contributed by atoms with Crippen LogP contribution in [0, 0.1) is 19.8 Å². The molecule has 0 radical (unpaired) electrons. The van der Waals surface area contributed by atoms with E-state index in [1.54, 1.807) is 5.56 Å². The van der Waals surface area contributed by atoms with Crippen LogP contribution in [0.1, 0.15) is 75.5 Å². The van der Waals surface area contributed by atoms with Crippen LogP contribution in [0.4, 0.5) is 0 Å². The van der Waals surface area contributed by atoms with Crippen molar-refractivity contribution in [3.8, 4) is 0 Å². The third-order valence-electron chi connectivity index (χ3n) is 4.23. The first-order chi connectivity index (χ1) is 9.17. The molecule has 0 spiro atoms. The van der Waals surface area contributed by atoms with Crippen LogP contribution in [0.2, 0.25) is 0 Å². The molecule has 0 nitrogen and oxygen atoms in total. The van der Waals surface area contributed by atoms with Gasteiger partial charge in [0.15, 0.2) is 0 Å². The maximum atomic E-state index is 2.37. The number of unbranched alkanes of at least 4 members (excludes halogenated alkanes) is 1. The summed E-state index contributed by atoms with van der Waals surface area (Å²) in [4.78, 5) is 0. The predicted molar refractivity (Wildman–Crippen MR) is 86.8 cm³/mol. The van der Waals surface area contributed by atoms with Gasteiger partial charge >= 0.3 is 0 Å². The van der Waals surface area contributed by atoms with Crippen molar-refractivity contribution in [1.82, 2.24) is 0 Å². The first-order valence-electron chi connectivity index (χ1n) is 8.23. The molecule has 0 heterocycles. The summed E-state index contributed by atoms with van der Waals surface area (Å²) in [5, 5.41) is 0. The molecule has 0 aromatic heterocycles. The molecular weight excluding hydrogens is 228 g/mol. The molecule has 0 saturated carbocycles. The molecule has 108 valence electrons. The number of hydrogen-bond donors (Lipinski definition) is 0. The highest BCUT2D eigenvalue weighted by Gasteiger charge is 2.08. The topological polar surface area (TPSA) is 0 Å². The lowest BCUT2D eigenvalue weighted by Crippen LogP contribution is -2.02. The molecule has 1 unspecified atom stereocenters. The minimum Gasteiger partial charge on any atom is -0.0654 e. The summed E-state index contributed by atoms with van der Waals surface area (Å²) in [5.41, 5.74) is 4.42. The van der Waals surface area contributed by atoms with Crippen molar-refractivity contribution in [2.75, 3.05) is 0 Å². The Morgan fingerprint density at radius 3 is 2.32 bits per heavy atom. The van der Waals surface area contributed by atoms with E-state index >= 15 is 0 Å². The van der Waals surface area contributed by atoms with Crippen molar-refractivity contribution in [3.05, 3.63) is 34.9 Å². The van der Waals surface area contributed by atoms with Crippen molar-refractivity contribution in [2.24, 2.45) is 5.92 Å². The molecule has 0 saturated heterocycles. The fourth-order valence-corrected chi connectivity index (χ4v) is 2.98. The minimum atomic E-state index is 0.968. The van der Waals surface area contributed by atoms with E-state index in [9.17, 15) is 0 Å². The van der Waals surface area contributed by atoms with Crippen LogP contribution >= 0.6 is 0 Å². The molecule has 0 aliphatic rings. The fourth-order valence-electron chi connectivity index (χ4n) is 2.98. The van der Waals surface area contributed by atoms with E-state index in [1.807, 2.05) is 0 Å². The third-order valence-corrected chi connectivity index (χ3v) is 4.23. The van der Waals surface area contributed by atoms with Crippen molar-refractivity contribution in [2.45, 2.75) is 79.1 Å². The third kappa shape index (κ3) is 6.27. The van der Waals surface area contributed by atoms with Crippen molar-refractivity contribution >= 4 is 0 Å². The molecule has 0 fully saturated rings. The van der Waals surface area contributed by atoms with E-state index in [1.165, 1.54) is 62.5 Å². The molecule has 1 atom stereocenters. The molecule has 1 aromatic carbocycles. The molecule has 0 heteroatoms. The monoisotopic (exact) mass is 260 g/mol. The Morgan fingerprint density at radius 2 is 1.63 bits per heavy atom. The predicted octanol–water partition coefficient (Wildman–Crippen LogP) is 6.23. The lowest BCUT2D eigenvalue weighted by molar-refractivity contribution is 0.392. The van der Waals surface area contributed by atoms with Gasteiger partial charge in [0.1, 0.15) is 0 Å². The van der Waals surface area contributed by atoms with Gasteiger partial charge in [0.2, 0.25) is 0 Å². The summed E-state index contributed by atoms with van der Waals surface area (Å²) in [6, 6.07) is 6.86. The van der Waals surface area contributed by atoms with Gasteiger partial charge in [-0.05, 0) is 43.7 Å². The zero-order valence-corrected chi connectivity index (χ0v) is 13.5. The van der Waals surface area contributed by atoms with Crippen LogP contribution in [0.15, 0.2) is 18.2 Å². The van der Waals surface area contributed by atoms with E-state index in [0.29, 0.717) is 0 Å². The van der Waals surface area contributed by atoms with Crippen LogP contribution in [0.25, 0.3) is 0 Å². The summed E-state index contributed by atoms with van der Waals surface area (Å²) in [5.74, 6) is 0.968. The maximum Gasteiger partial charge on any atom is -0.0276 e. The van der Waals surface area contributed by atoms with Crippen LogP contribution < -0.4 is 0 Å². The van der Waals surface area contributed by atoms with Crippen molar-refractivity contribution in [3.63, 3.8) is 0 Å². The standard InChI is InChI=1S/C19H32/c1-5-7-10-18(9-6-2)11-8-12-19-15-16(3)13-14-17(19)4/h13-15,18H,5-12H2,1-4H3. The smallest absolute Gasteiger partial charge is 0.0276 e. The molecule has 1 aromatic rings. The highest BCUT2D eigenvalue weighted by molar-refractivity contribution is 5.30. The summed E-state index contributed by atoms with van der Waals surface area (Å²) in [7, 11) is 0. The van der Waals surface area contributed by atoms with E-state index < -0.39 is 0 Å². The molecule has 19 heavy (non-hydrogen) atoms. The first-order valence-corrected chi connectivity index (χ1v) is 8.23. The second-order valence-electron chi connectivity index (χ2n) is 6.12. The lowest BCUT2D eigenvalue weighted by atomic mass is 9.90. The molecule has 0 aliphatic carbocycles. The van der Waals surface area contributed by atoms with E-state index in [4.69, 9.17) is 0 Å². The van der Waals surface area contributed by atoms with Gasteiger partial charge in [-0.15, -0.1) is 0 Å². The SMILES string of the molecule is CCCCC(CCC)CCCc1cc(C)ccc1C. The summed E-state index contributed by atoms with van der Waals surface area (Å²) >= 11 is 0. The van der Waals surface area contributed by atoms with E-state index in [0.717, 1.165) is 5.92 Å². The first kappa shape index (κ1) is 16.3.